The molecule has 0 saturated carbocycles. The standard InChI is InChI=1S/C22H26F3N5O2/c1-12(15-7-16(22(23,24)25)9-17(26)8-15)27-20-18-10-30(11-19(18)28-13(2)29-20)21(31)14-3-5-32-6-4-14/h7-9,12,14H,3-6,10-11,26H2,1-2H3,(H,27,28,29)/t12-/m1/s1. The number of carbonyl (C=O) groups excluding carboxylic acids is 1. The van der Waals surface area contributed by atoms with Crippen LogP contribution in [0.5, 0.6) is 0 Å². The maximum atomic E-state index is 13.2. The molecule has 0 radical (unpaired) electrons. The van der Waals surface area contributed by atoms with Crippen LogP contribution in [0.2, 0.25) is 0 Å². The number of halogens is 3. The number of carbonyl (C=O) groups is 1. The van der Waals surface area contributed by atoms with Crippen molar-refractivity contribution in [2.45, 2.75) is 52.0 Å². The van der Waals surface area contributed by atoms with E-state index in [1.54, 1.807) is 18.7 Å². The van der Waals surface area contributed by atoms with Gasteiger partial charge in [-0.05, 0) is 50.5 Å². The summed E-state index contributed by atoms with van der Waals surface area (Å²) in [5, 5.41) is 3.21. The minimum Gasteiger partial charge on any atom is -0.399 e. The second-order valence-electron chi connectivity index (χ2n) is 8.38. The first-order valence-corrected chi connectivity index (χ1v) is 10.6. The molecular weight excluding hydrogens is 423 g/mol. The van der Waals surface area contributed by atoms with E-state index in [1.807, 2.05) is 0 Å². The number of nitrogens with one attached hydrogen (secondary N) is 1. The summed E-state index contributed by atoms with van der Waals surface area (Å²) in [6.45, 7) is 5.43. The first-order valence-electron chi connectivity index (χ1n) is 10.6. The van der Waals surface area contributed by atoms with Gasteiger partial charge in [-0.3, -0.25) is 4.79 Å². The topological polar surface area (TPSA) is 93.4 Å². The average Bonchev–Trinajstić information content (AvgIpc) is 3.17. The van der Waals surface area contributed by atoms with Gasteiger partial charge in [0.15, 0.2) is 0 Å². The number of aromatic nitrogens is 2. The van der Waals surface area contributed by atoms with Crippen molar-refractivity contribution >= 4 is 17.4 Å². The zero-order valence-electron chi connectivity index (χ0n) is 18.0. The molecule has 1 fully saturated rings. The van der Waals surface area contributed by atoms with Gasteiger partial charge in [0.2, 0.25) is 5.91 Å². The van der Waals surface area contributed by atoms with Crippen molar-refractivity contribution in [3.8, 4) is 0 Å². The van der Waals surface area contributed by atoms with Gasteiger partial charge in [0.25, 0.3) is 0 Å². The predicted molar refractivity (Wildman–Crippen MR) is 112 cm³/mol. The van der Waals surface area contributed by atoms with Gasteiger partial charge in [-0.25, -0.2) is 9.97 Å². The second kappa shape index (κ2) is 8.57. The fourth-order valence-corrected chi connectivity index (χ4v) is 4.23. The number of alkyl halides is 3. The van der Waals surface area contributed by atoms with Crippen molar-refractivity contribution in [3.05, 3.63) is 46.4 Å². The molecule has 4 rings (SSSR count). The van der Waals surface area contributed by atoms with Gasteiger partial charge in [-0.2, -0.15) is 13.2 Å². The molecule has 2 aliphatic heterocycles. The zero-order chi connectivity index (χ0) is 23.0. The smallest absolute Gasteiger partial charge is 0.399 e. The third kappa shape index (κ3) is 4.64. The Morgan fingerprint density at radius 1 is 1.22 bits per heavy atom. The van der Waals surface area contributed by atoms with Gasteiger partial charge in [-0.15, -0.1) is 0 Å². The van der Waals surface area contributed by atoms with Crippen LogP contribution in [0, 0.1) is 12.8 Å². The predicted octanol–water partition coefficient (Wildman–Crippen LogP) is 3.83. The van der Waals surface area contributed by atoms with Gasteiger partial charge in [0.1, 0.15) is 11.6 Å². The lowest BCUT2D eigenvalue weighted by Crippen LogP contribution is -2.35. The van der Waals surface area contributed by atoms with Crippen LogP contribution in [0.3, 0.4) is 0 Å². The number of amides is 1. The summed E-state index contributed by atoms with van der Waals surface area (Å²) in [7, 11) is 0. The van der Waals surface area contributed by atoms with Crippen LogP contribution in [0.15, 0.2) is 18.2 Å². The SMILES string of the molecule is Cc1nc2c(c(N[C@H](C)c3cc(N)cc(C(F)(F)F)c3)n1)CN(C(=O)C1CCOCC1)C2. The number of aryl methyl sites for hydroxylation is 1. The minimum atomic E-state index is -4.48. The van der Waals surface area contributed by atoms with Crippen molar-refractivity contribution in [2.24, 2.45) is 5.92 Å². The molecule has 3 heterocycles. The van der Waals surface area contributed by atoms with Crippen LogP contribution in [0.4, 0.5) is 24.7 Å². The number of fused-ring (bicyclic) bond motifs is 1. The third-order valence-corrected chi connectivity index (χ3v) is 5.93. The molecule has 7 nitrogen and oxygen atoms in total. The van der Waals surface area contributed by atoms with E-state index in [1.165, 1.54) is 6.07 Å². The molecule has 1 atom stereocenters. The highest BCUT2D eigenvalue weighted by Gasteiger charge is 2.34. The molecule has 0 spiro atoms. The number of benzene rings is 1. The minimum absolute atomic E-state index is 0.0424. The Labute approximate surface area is 184 Å². The number of nitrogens with two attached hydrogens (primary N) is 1. The van der Waals surface area contributed by atoms with Crippen LogP contribution in [-0.2, 0) is 28.8 Å². The quantitative estimate of drug-likeness (QED) is 0.690. The molecule has 3 N–H and O–H groups in total. The number of anilines is 2. The first-order chi connectivity index (χ1) is 15.1. The molecule has 1 amide bonds. The summed E-state index contributed by atoms with van der Waals surface area (Å²) in [5.41, 5.74) is 6.92. The molecule has 0 bridgehead atoms. The molecule has 1 saturated heterocycles. The average molecular weight is 449 g/mol. The molecule has 0 aliphatic carbocycles. The van der Waals surface area contributed by atoms with Crippen LogP contribution < -0.4 is 11.1 Å². The second-order valence-corrected chi connectivity index (χ2v) is 8.38. The summed E-state index contributed by atoms with van der Waals surface area (Å²) >= 11 is 0. The number of rotatable bonds is 4. The summed E-state index contributed by atoms with van der Waals surface area (Å²) in [6.07, 6.45) is -3.08. The monoisotopic (exact) mass is 449 g/mol. The van der Waals surface area contributed by atoms with E-state index in [2.05, 4.69) is 15.3 Å². The molecule has 0 unspecified atom stereocenters. The van der Waals surface area contributed by atoms with Crippen LogP contribution in [0.1, 0.15) is 54.0 Å². The number of ether oxygens (including phenoxy) is 1. The molecular formula is C22H26F3N5O2. The normalized spacial score (nSPS) is 17.8. The zero-order valence-corrected chi connectivity index (χ0v) is 18.0. The molecule has 32 heavy (non-hydrogen) atoms. The van der Waals surface area contributed by atoms with Crippen molar-refractivity contribution < 1.29 is 22.7 Å². The lowest BCUT2D eigenvalue weighted by atomic mass is 9.99. The Bertz CT molecular complexity index is 1020. The lowest BCUT2D eigenvalue weighted by Gasteiger charge is -2.26. The molecule has 1 aromatic heterocycles. The molecule has 1 aromatic carbocycles. The fourth-order valence-electron chi connectivity index (χ4n) is 4.23. The Morgan fingerprint density at radius 3 is 2.62 bits per heavy atom. The molecule has 10 heteroatoms. The van der Waals surface area contributed by atoms with E-state index < -0.39 is 17.8 Å². The van der Waals surface area contributed by atoms with Crippen molar-refractivity contribution in [2.75, 3.05) is 24.3 Å². The summed E-state index contributed by atoms with van der Waals surface area (Å²) < 4.78 is 45.0. The molecule has 172 valence electrons. The Morgan fingerprint density at radius 2 is 1.94 bits per heavy atom. The maximum absolute atomic E-state index is 13.2. The highest BCUT2D eigenvalue weighted by atomic mass is 19.4. The Hall–Kier alpha value is -2.88. The van der Waals surface area contributed by atoms with E-state index in [4.69, 9.17) is 10.5 Å². The number of nitrogen functional groups attached to an aromatic ring is 1. The van der Waals surface area contributed by atoms with Gasteiger partial charge >= 0.3 is 6.18 Å². The van der Waals surface area contributed by atoms with Gasteiger partial charge in [-0.1, -0.05) is 0 Å². The van der Waals surface area contributed by atoms with Crippen LogP contribution in [0.25, 0.3) is 0 Å². The third-order valence-electron chi connectivity index (χ3n) is 5.93. The highest BCUT2D eigenvalue weighted by Crippen LogP contribution is 2.35. The van der Waals surface area contributed by atoms with Crippen LogP contribution in [-0.4, -0.2) is 34.0 Å². The van der Waals surface area contributed by atoms with E-state index in [0.29, 0.717) is 56.4 Å². The number of nitrogens with zero attached hydrogens (tertiary/aromatic N) is 3. The highest BCUT2D eigenvalue weighted by molar-refractivity contribution is 5.80. The fraction of sp³-hybridized carbons (Fsp3) is 0.500. The summed E-state index contributed by atoms with van der Waals surface area (Å²) in [4.78, 5) is 23.7. The molecule has 2 aliphatic rings. The van der Waals surface area contributed by atoms with E-state index >= 15 is 0 Å². The number of hydrogen-bond donors (Lipinski definition) is 2. The summed E-state index contributed by atoms with van der Waals surface area (Å²) in [6, 6.07) is 3.03. The largest absolute Gasteiger partial charge is 0.416 e. The van der Waals surface area contributed by atoms with E-state index in [9.17, 15) is 18.0 Å². The lowest BCUT2D eigenvalue weighted by molar-refractivity contribution is -0.139. The van der Waals surface area contributed by atoms with Crippen LogP contribution >= 0.6 is 0 Å². The van der Waals surface area contributed by atoms with Crippen molar-refractivity contribution in [1.29, 1.82) is 0 Å². The summed E-state index contributed by atoms with van der Waals surface area (Å²) in [5.74, 6) is 1.07. The van der Waals surface area contributed by atoms with Crippen molar-refractivity contribution in [3.63, 3.8) is 0 Å². The molecule has 2 aromatic rings. The van der Waals surface area contributed by atoms with Gasteiger partial charge < -0.3 is 20.7 Å². The van der Waals surface area contributed by atoms with Gasteiger partial charge in [0, 0.05) is 30.4 Å². The van der Waals surface area contributed by atoms with E-state index in [0.717, 1.165) is 23.4 Å². The first kappa shape index (κ1) is 22.3. The van der Waals surface area contributed by atoms with Crippen molar-refractivity contribution in [1.82, 2.24) is 14.9 Å². The Balaban J connectivity index is 1.56. The Kier molecular flexibility index (Phi) is 5.98. The van der Waals surface area contributed by atoms with Gasteiger partial charge in [0.05, 0.1) is 30.4 Å². The maximum Gasteiger partial charge on any atom is 0.416 e. The van der Waals surface area contributed by atoms with E-state index in [-0.39, 0.29) is 17.5 Å². The number of hydrogen-bond acceptors (Lipinski definition) is 6.